The lowest BCUT2D eigenvalue weighted by Gasteiger charge is -2.33. The van der Waals surface area contributed by atoms with Gasteiger partial charge in [0, 0.05) is 0 Å². The molecule has 0 radical (unpaired) electrons. The molecule has 0 saturated heterocycles. The largest absolute Gasteiger partial charge is 0.481 e. The Labute approximate surface area is 117 Å². The van der Waals surface area contributed by atoms with Crippen LogP contribution in [0.2, 0.25) is 0 Å². The van der Waals surface area contributed by atoms with Gasteiger partial charge in [-0.2, -0.15) is 0 Å². The second-order valence-electron chi connectivity index (χ2n) is 5.35. The van der Waals surface area contributed by atoms with Crippen molar-refractivity contribution in [3.8, 4) is 5.69 Å². The van der Waals surface area contributed by atoms with Crippen LogP contribution < -0.4 is 0 Å². The van der Waals surface area contributed by atoms with Gasteiger partial charge in [-0.3, -0.25) is 4.79 Å². The maximum absolute atomic E-state index is 11.8. The number of aromatic nitrogens is 3. The second-order valence-corrected chi connectivity index (χ2v) is 5.35. The van der Waals surface area contributed by atoms with E-state index >= 15 is 0 Å². The molecule has 0 aliphatic heterocycles. The fraction of sp³-hybridized carbons (Fsp3) is 0.400. The molecule has 3 rings (SSSR count). The van der Waals surface area contributed by atoms with Crippen LogP contribution in [0.5, 0.6) is 0 Å². The molecule has 1 N–H and O–H groups in total. The highest BCUT2D eigenvalue weighted by atomic mass is 16.4. The van der Waals surface area contributed by atoms with E-state index in [4.69, 9.17) is 0 Å². The highest BCUT2D eigenvalue weighted by molar-refractivity contribution is 5.81. The molecule has 1 aromatic heterocycles. The zero-order valence-corrected chi connectivity index (χ0v) is 11.2. The Balaban J connectivity index is 2.04. The Kier molecular flexibility index (Phi) is 3.26. The van der Waals surface area contributed by atoms with E-state index in [0.717, 1.165) is 30.5 Å². The van der Waals surface area contributed by atoms with Crippen molar-refractivity contribution in [2.24, 2.45) is 0 Å². The van der Waals surface area contributed by atoms with Gasteiger partial charge in [0.15, 0.2) is 0 Å². The molecule has 20 heavy (non-hydrogen) atoms. The SMILES string of the molecule is O=C(O)C1(c2cccc(-n3ccnn3)c2)CCCCC1. The first kappa shape index (κ1) is 12.8. The molecule has 0 bridgehead atoms. The average Bonchev–Trinajstić information content (AvgIpc) is 3.02. The molecule has 1 heterocycles. The van der Waals surface area contributed by atoms with Crippen LogP contribution in [-0.2, 0) is 10.2 Å². The molecular weight excluding hydrogens is 254 g/mol. The number of aliphatic carboxylic acids is 1. The van der Waals surface area contributed by atoms with Crippen molar-refractivity contribution in [3.05, 3.63) is 42.2 Å². The Bertz CT molecular complexity index is 601. The van der Waals surface area contributed by atoms with Gasteiger partial charge in [-0.25, -0.2) is 4.68 Å². The summed E-state index contributed by atoms with van der Waals surface area (Å²) in [5.41, 5.74) is 0.985. The Morgan fingerprint density at radius 2 is 2.05 bits per heavy atom. The third kappa shape index (κ3) is 2.09. The molecule has 104 valence electrons. The minimum absolute atomic E-state index is 0.711. The van der Waals surface area contributed by atoms with Crippen molar-refractivity contribution in [2.45, 2.75) is 37.5 Å². The van der Waals surface area contributed by atoms with E-state index < -0.39 is 11.4 Å². The molecule has 5 nitrogen and oxygen atoms in total. The lowest BCUT2D eigenvalue weighted by Crippen LogP contribution is -2.37. The normalized spacial score (nSPS) is 17.8. The topological polar surface area (TPSA) is 68.0 Å². The molecule has 0 spiro atoms. The molecule has 2 aromatic rings. The number of carboxylic acids is 1. The molecule has 0 unspecified atom stereocenters. The first-order valence-corrected chi connectivity index (χ1v) is 6.93. The summed E-state index contributed by atoms with van der Waals surface area (Å²) in [5, 5.41) is 17.5. The summed E-state index contributed by atoms with van der Waals surface area (Å²) in [6, 6.07) is 7.65. The first-order valence-electron chi connectivity index (χ1n) is 6.93. The van der Waals surface area contributed by atoms with E-state index in [1.54, 1.807) is 17.1 Å². The van der Waals surface area contributed by atoms with Crippen LogP contribution in [0.3, 0.4) is 0 Å². The summed E-state index contributed by atoms with van der Waals surface area (Å²) in [6.07, 6.45) is 7.86. The summed E-state index contributed by atoms with van der Waals surface area (Å²) in [4.78, 5) is 11.8. The second kappa shape index (κ2) is 5.07. The van der Waals surface area contributed by atoms with E-state index in [9.17, 15) is 9.90 Å². The minimum atomic E-state index is -0.741. The molecule has 0 atom stereocenters. The smallest absolute Gasteiger partial charge is 0.314 e. The fourth-order valence-corrected chi connectivity index (χ4v) is 3.07. The quantitative estimate of drug-likeness (QED) is 0.931. The fourth-order valence-electron chi connectivity index (χ4n) is 3.07. The van der Waals surface area contributed by atoms with Crippen LogP contribution in [0.4, 0.5) is 0 Å². The van der Waals surface area contributed by atoms with Crippen LogP contribution in [0.1, 0.15) is 37.7 Å². The number of nitrogens with zero attached hydrogens (tertiary/aromatic N) is 3. The number of benzene rings is 1. The lowest BCUT2D eigenvalue weighted by molar-refractivity contribution is -0.145. The van der Waals surface area contributed by atoms with Gasteiger partial charge in [0.2, 0.25) is 0 Å². The van der Waals surface area contributed by atoms with Gasteiger partial charge in [0.1, 0.15) is 0 Å². The predicted octanol–water partition coefficient (Wildman–Crippen LogP) is 2.55. The summed E-state index contributed by atoms with van der Waals surface area (Å²) in [6.45, 7) is 0. The summed E-state index contributed by atoms with van der Waals surface area (Å²) >= 11 is 0. The zero-order chi connectivity index (χ0) is 14.0. The van der Waals surface area contributed by atoms with Crippen molar-refractivity contribution < 1.29 is 9.90 Å². The number of carbonyl (C=O) groups is 1. The van der Waals surface area contributed by atoms with E-state index in [1.165, 1.54) is 0 Å². The third-order valence-corrected chi connectivity index (χ3v) is 4.20. The highest BCUT2D eigenvalue weighted by Crippen LogP contribution is 2.40. The molecule has 5 heteroatoms. The monoisotopic (exact) mass is 271 g/mol. The summed E-state index contributed by atoms with van der Waals surface area (Å²) < 4.78 is 1.65. The van der Waals surface area contributed by atoms with Crippen molar-refractivity contribution in [2.75, 3.05) is 0 Å². The maximum atomic E-state index is 11.8. The molecule has 1 aliphatic carbocycles. The Morgan fingerprint density at radius 1 is 1.25 bits per heavy atom. The van der Waals surface area contributed by atoms with Crippen LogP contribution in [0.25, 0.3) is 5.69 Å². The molecule has 1 fully saturated rings. The molecule has 1 saturated carbocycles. The summed E-state index contributed by atoms with van der Waals surface area (Å²) in [7, 11) is 0. The van der Waals surface area contributed by atoms with Crippen molar-refractivity contribution >= 4 is 5.97 Å². The van der Waals surface area contributed by atoms with Crippen LogP contribution in [-0.4, -0.2) is 26.1 Å². The van der Waals surface area contributed by atoms with Gasteiger partial charge in [-0.15, -0.1) is 5.10 Å². The van der Waals surface area contributed by atoms with Gasteiger partial charge in [0.05, 0.1) is 23.5 Å². The van der Waals surface area contributed by atoms with Crippen LogP contribution in [0.15, 0.2) is 36.7 Å². The molecule has 1 aromatic carbocycles. The maximum Gasteiger partial charge on any atom is 0.314 e. The van der Waals surface area contributed by atoms with Gasteiger partial charge in [0.25, 0.3) is 0 Å². The van der Waals surface area contributed by atoms with Gasteiger partial charge in [-0.05, 0) is 30.5 Å². The minimum Gasteiger partial charge on any atom is -0.481 e. The lowest BCUT2D eigenvalue weighted by atomic mass is 9.69. The van der Waals surface area contributed by atoms with Crippen molar-refractivity contribution in [1.82, 2.24) is 15.0 Å². The van der Waals surface area contributed by atoms with E-state index in [0.29, 0.717) is 12.8 Å². The molecule has 0 amide bonds. The Morgan fingerprint density at radius 3 is 2.70 bits per heavy atom. The number of rotatable bonds is 3. The highest BCUT2D eigenvalue weighted by Gasteiger charge is 2.41. The zero-order valence-electron chi connectivity index (χ0n) is 11.2. The van der Waals surface area contributed by atoms with Gasteiger partial charge >= 0.3 is 5.97 Å². The molecular formula is C15H17N3O2. The standard InChI is InChI=1S/C15H17N3O2/c19-14(20)15(7-2-1-3-8-15)12-5-4-6-13(11-12)18-10-9-16-17-18/h4-6,9-11H,1-3,7-8H2,(H,19,20). The van der Waals surface area contributed by atoms with Crippen molar-refractivity contribution in [3.63, 3.8) is 0 Å². The van der Waals surface area contributed by atoms with Crippen LogP contribution in [0, 0.1) is 0 Å². The van der Waals surface area contributed by atoms with E-state index in [1.807, 2.05) is 24.3 Å². The Hall–Kier alpha value is -2.17. The average molecular weight is 271 g/mol. The van der Waals surface area contributed by atoms with E-state index in [2.05, 4.69) is 10.3 Å². The number of hydrogen-bond donors (Lipinski definition) is 1. The van der Waals surface area contributed by atoms with Crippen molar-refractivity contribution in [1.29, 1.82) is 0 Å². The number of carboxylic acid groups (broad SMARTS) is 1. The summed E-state index contributed by atoms with van der Waals surface area (Å²) in [5.74, 6) is -0.715. The first-order chi connectivity index (χ1) is 9.72. The third-order valence-electron chi connectivity index (χ3n) is 4.20. The van der Waals surface area contributed by atoms with Crippen LogP contribution >= 0.6 is 0 Å². The predicted molar refractivity (Wildman–Crippen MR) is 73.8 cm³/mol. The number of hydrogen-bond acceptors (Lipinski definition) is 3. The van der Waals surface area contributed by atoms with Gasteiger partial charge < -0.3 is 5.11 Å². The molecule has 1 aliphatic rings. The van der Waals surface area contributed by atoms with Gasteiger partial charge in [-0.1, -0.05) is 36.6 Å². The van der Waals surface area contributed by atoms with E-state index in [-0.39, 0.29) is 0 Å².